The number of carbonyl (C=O) groups excluding carboxylic acids is 1. The van der Waals surface area contributed by atoms with Crippen LogP contribution < -0.4 is 20.9 Å². The summed E-state index contributed by atoms with van der Waals surface area (Å²) in [6, 6.07) is 12.9. The number of carbonyl (C=O) groups is 1. The molecule has 0 heterocycles. The lowest BCUT2D eigenvalue weighted by Gasteiger charge is -2.12. The van der Waals surface area contributed by atoms with Crippen LogP contribution in [-0.2, 0) is 0 Å². The van der Waals surface area contributed by atoms with Crippen molar-refractivity contribution in [2.45, 2.75) is 13.5 Å². The van der Waals surface area contributed by atoms with E-state index in [1.165, 1.54) is 24.3 Å². The second kappa shape index (κ2) is 8.21. The van der Waals surface area contributed by atoms with Crippen LogP contribution in [0.4, 0.5) is 14.5 Å². The molecule has 0 aliphatic heterocycles. The molecule has 8 heteroatoms. The Balaban J connectivity index is 1.85. The molecule has 2 aromatic carbocycles. The third-order valence-electron chi connectivity index (χ3n) is 2.91. The van der Waals surface area contributed by atoms with Crippen LogP contribution in [0.15, 0.2) is 48.5 Å². The number of halogens is 2. The van der Waals surface area contributed by atoms with Gasteiger partial charge in [0, 0.05) is 11.3 Å². The van der Waals surface area contributed by atoms with Crippen LogP contribution in [0.3, 0.4) is 0 Å². The number of ether oxygens (including phenoxy) is 1. The molecule has 2 rings (SSSR count). The molecule has 5 nitrogen and oxygen atoms in total. The average molecular weight is 351 g/mol. The minimum atomic E-state index is -2.91. The first-order valence-corrected chi connectivity index (χ1v) is 7.34. The maximum atomic E-state index is 12.1. The van der Waals surface area contributed by atoms with E-state index in [2.05, 4.69) is 20.9 Å². The van der Waals surface area contributed by atoms with E-state index in [4.69, 9.17) is 12.2 Å². The quantitative estimate of drug-likeness (QED) is 0.583. The number of rotatable bonds is 4. The molecule has 126 valence electrons. The van der Waals surface area contributed by atoms with Crippen molar-refractivity contribution in [3.63, 3.8) is 0 Å². The van der Waals surface area contributed by atoms with Gasteiger partial charge in [-0.15, -0.1) is 0 Å². The number of thiocarbonyl (C=S) groups is 1. The summed E-state index contributed by atoms with van der Waals surface area (Å²) in [7, 11) is 0. The molecular weight excluding hydrogens is 336 g/mol. The van der Waals surface area contributed by atoms with Crippen LogP contribution >= 0.6 is 12.2 Å². The summed E-state index contributed by atoms with van der Waals surface area (Å²) in [4.78, 5) is 11.9. The highest BCUT2D eigenvalue weighted by atomic mass is 32.1. The number of amides is 1. The Labute approximate surface area is 143 Å². The van der Waals surface area contributed by atoms with E-state index >= 15 is 0 Å². The lowest BCUT2D eigenvalue weighted by molar-refractivity contribution is -0.0498. The van der Waals surface area contributed by atoms with E-state index in [1.807, 2.05) is 31.2 Å². The zero-order valence-corrected chi connectivity index (χ0v) is 13.5. The highest BCUT2D eigenvalue weighted by Crippen LogP contribution is 2.14. The van der Waals surface area contributed by atoms with Crippen LogP contribution in [0, 0.1) is 6.92 Å². The number of hydrogen-bond acceptors (Lipinski definition) is 3. The van der Waals surface area contributed by atoms with Gasteiger partial charge in [0.1, 0.15) is 5.75 Å². The maximum Gasteiger partial charge on any atom is 0.387 e. The van der Waals surface area contributed by atoms with Crippen molar-refractivity contribution in [3.8, 4) is 5.75 Å². The molecule has 0 aromatic heterocycles. The summed E-state index contributed by atoms with van der Waals surface area (Å²) < 4.78 is 28.3. The highest BCUT2D eigenvalue weighted by molar-refractivity contribution is 7.80. The summed E-state index contributed by atoms with van der Waals surface area (Å²) in [6.07, 6.45) is 0. The predicted molar refractivity (Wildman–Crippen MR) is 91.1 cm³/mol. The van der Waals surface area contributed by atoms with Crippen molar-refractivity contribution >= 4 is 28.9 Å². The second-order valence-corrected chi connectivity index (χ2v) is 5.21. The molecule has 0 fully saturated rings. The molecule has 0 radical (unpaired) electrons. The molecule has 0 atom stereocenters. The van der Waals surface area contributed by atoms with Gasteiger partial charge in [0.25, 0.3) is 5.91 Å². The number of alkyl halides is 2. The number of hydrogen-bond donors (Lipinski definition) is 3. The zero-order valence-electron chi connectivity index (χ0n) is 12.7. The summed E-state index contributed by atoms with van der Waals surface area (Å²) in [5.41, 5.74) is 7.10. The van der Waals surface area contributed by atoms with Crippen molar-refractivity contribution in [2.75, 3.05) is 5.32 Å². The maximum absolute atomic E-state index is 12.1. The van der Waals surface area contributed by atoms with Gasteiger partial charge in [-0.25, -0.2) is 0 Å². The number of hydrazine groups is 1. The van der Waals surface area contributed by atoms with Gasteiger partial charge in [0.05, 0.1) is 0 Å². The molecule has 0 aliphatic carbocycles. The van der Waals surface area contributed by atoms with Crippen molar-refractivity contribution < 1.29 is 18.3 Å². The van der Waals surface area contributed by atoms with E-state index in [0.717, 1.165) is 11.3 Å². The predicted octanol–water partition coefficient (Wildman–Crippen LogP) is 3.23. The number of benzene rings is 2. The molecule has 0 aliphatic rings. The lowest BCUT2D eigenvalue weighted by atomic mass is 10.2. The summed E-state index contributed by atoms with van der Waals surface area (Å²) >= 11 is 5.08. The normalized spacial score (nSPS) is 10.2. The molecule has 0 unspecified atom stereocenters. The Morgan fingerprint density at radius 1 is 1.12 bits per heavy atom. The minimum absolute atomic E-state index is 0.0221. The smallest absolute Gasteiger partial charge is 0.387 e. The molecule has 0 saturated carbocycles. The Kier molecular flexibility index (Phi) is 6.02. The van der Waals surface area contributed by atoms with E-state index in [0.29, 0.717) is 0 Å². The van der Waals surface area contributed by atoms with E-state index < -0.39 is 12.5 Å². The largest absolute Gasteiger partial charge is 0.435 e. The van der Waals surface area contributed by atoms with Gasteiger partial charge in [-0.1, -0.05) is 12.1 Å². The third kappa shape index (κ3) is 5.47. The Morgan fingerprint density at radius 2 is 1.83 bits per heavy atom. The molecule has 2 aromatic rings. The first kappa shape index (κ1) is 17.6. The fourth-order valence-corrected chi connectivity index (χ4v) is 2.03. The minimum Gasteiger partial charge on any atom is -0.435 e. The fraction of sp³-hybridized carbons (Fsp3) is 0.125. The molecule has 0 spiro atoms. The average Bonchev–Trinajstić information content (AvgIpc) is 2.53. The van der Waals surface area contributed by atoms with Crippen LogP contribution in [0.2, 0.25) is 0 Å². The zero-order chi connectivity index (χ0) is 17.5. The third-order valence-corrected chi connectivity index (χ3v) is 3.11. The topological polar surface area (TPSA) is 62.4 Å². The summed E-state index contributed by atoms with van der Waals surface area (Å²) in [5, 5.41) is 3.14. The van der Waals surface area contributed by atoms with Crippen LogP contribution in [0.1, 0.15) is 15.9 Å². The molecule has 3 N–H and O–H groups in total. The molecule has 0 saturated heterocycles. The Hall–Kier alpha value is -2.74. The molecule has 0 bridgehead atoms. The van der Waals surface area contributed by atoms with Crippen LogP contribution in [0.5, 0.6) is 5.75 Å². The van der Waals surface area contributed by atoms with Gasteiger partial charge in [-0.3, -0.25) is 15.6 Å². The molecule has 1 amide bonds. The van der Waals surface area contributed by atoms with Gasteiger partial charge in [-0.05, 0) is 61.1 Å². The van der Waals surface area contributed by atoms with E-state index in [1.54, 1.807) is 0 Å². The Morgan fingerprint density at radius 3 is 2.46 bits per heavy atom. The lowest BCUT2D eigenvalue weighted by Crippen LogP contribution is -2.43. The van der Waals surface area contributed by atoms with E-state index in [-0.39, 0.29) is 16.4 Å². The van der Waals surface area contributed by atoms with Crippen LogP contribution in [0.25, 0.3) is 0 Å². The first-order chi connectivity index (χ1) is 11.4. The van der Waals surface area contributed by atoms with Crippen molar-refractivity contribution in [1.82, 2.24) is 10.9 Å². The van der Waals surface area contributed by atoms with Gasteiger partial charge in [0.2, 0.25) is 0 Å². The second-order valence-electron chi connectivity index (χ2n) is 4.81. The Bertz CT molecular complexity index is 724. The SMILES string of the molecule is Cc1cccc(NC(=S)NNC(=O)c2ccc(OC(F)F)cc2)c1. The van der Waals surface area contributed by atoms with Gasteiger partial charge >= 0.3 is 6.61 Å². The van der Waals surface area contributed by atoms with E-state index in [9.17, 15) is 13.6 Å². The highest BCUT2D eigenvalue weighted by Gasteiger charge is 2.08. The first-order valence-electron chi connectivity index (χ1n) is 6.93. The van der Waals surface area contributed by atoms with Crippen molar-refractivity contribution in [3.05, 3.63) is 59.7 Å². The van der Waals surface area contributed by atoms with Gasteiger partial charge in [-0.2, -0.15) is 8.78 Å². The number of anilines is 1. The van der Waals surface area contributed by atoms with Gasteiger partial charge in [0.15, 0.2) is 5.11 Å². The number of aryl methyl sites for hydroxylation is 1. The monoisotopic (exact) mass is 351 g/mol. The fourth-order valence-electron chi connectivity index (χ4n) is 1.86. The van der Waals surface area contributed by atoms with Crippen molar-refractivity contribution in [1.29, 1.82) is 0 Å². The summed E-state index contributed by atoms with van der Waals surface area (Å²) in [6.45, 7) is -0.957. The molecule has 24 heavy (non-hydrogen) atoms. The van der Waals surface area contributed by atoms with Crippen molar-refractivity contribution in [2.24, 2.45) is 0 Å². The van der Waals surface area contributed by atoms with Gasteiger partial charge < -0.3 is 10.1 Å². The standard InChI is InChI=1S/C16H15F2N3O2S/c1-10-3-2-4-12(9-10)19-16(24)21-20-14(22)11-5-7-13(8-6-11)23-15(17)18/h2-9,15H,1H3,(H,20,22)(H2,19,21,24). The molecular formula is C16H15F2N3O2S. The number of nitrogens with one attached hydrogen (secondary N) is 3. The summed E-state index contributed by atoms with van der Waals surface area (Å²) in [5.74, 6) is -0.488. The van der Waals surface area contributed by atoms with Crippen LogP contribution in [-0.4, -0.2) is 17.6 Å².